The van der Waals surface area contributed by atoms with Crippen molar-refractivity contribution in [1.82, 2.24) is 30.0 Å². The highest BCUT2D eigenvalue weighted by Gasteiger charge is 2.13. The third kappa shape index (κ3) is 4.73. The van der Waals surface area contributed by atoms with Gasteiger partial charge in [0.15, 0.2) is 0 Å². The zero-order chi connectivity index (χ0) is 21.6. The minimum Gasteiger partial charge on any atom is -0.415 e. The highest BCUT2D eigenvalue weighted by Crippen LogP contribution is 2.24. The largest absolute Gasteiger partial charge is 0.415 e. The fourth-order valence-corrected chi connectivity index (χ4v) is 3.14. The van der Waals surface area contributed by atoms with E-state index in [9.17, 15) is 4.79 Å². The van der Waals surface area contributed by atoms with Crippen LogP contribution in [0, 0.1) is 0 Å². The zero-order valence-electron chi connectivity index (χ0n) is 17.2. The van der Waals surface area contributed by atoms with Gasteiger partial charge in [-0.1, -0.05) is 12.1 Å². The predicted molar refractivity (Wildman–Crippen MR) is 117 cm³/mol. The minimum absolute atomic E-state index is 0.0800. The van der Waals surface area contributed by atoms with Crippen molar-refractivity contribution in [3.63, 3.8) is 0 Å². The SMILES string of the molecule is CNCc1ccc(-c2nnc(-c3cncc(-c4ccc(=O)n(CCCN)c4)n3)o2)cc1. The fourth-order valence-electron chi connectivity index (χ4n) is 3.14. The van der Waals surface area contributed by atoms with Crippen LogP contribution in [-0.2, 0) is 13.1 Å². The molecule has 4 aromatic rings. The highest BCUT2D eigenvalue weighted by atomic mass is 16.4. The number of nitrogens with zero attached hydrogens (tertiary/aromatic N) is 5. The monoisotopic (exact) mass is 417 g/mol. The molecular formula is C22H23N7O2. The number of benzene rings is 1. The molecule has 0 saturated carbocycles. The van der Waals surface area contributed by atoms with Gasteiger partial charge in [-0.2, -0.15) is 0 Å². The smallest absolute Gasteiger partial charge is 0.268 e. The summed E-state index contributed by atoms with van der Waals surface area (Å²) in [6, 6.07) is 11.1. The molecule has 0 saturated heterocycles. The lowest BCUT2D eigenvalue weighted by atomic mass is 10.1. The lowest BCUT2D eigenvalue weighted by Crippen LogP contribution is -2.20. The number of hydrogen-bond acceptors (Lipinski definition) is 8. The molecule has 0 aliphatic carbocycles. The van der Waals surface area contributed by atoms with E-state index in [1.807, 2.05) is 31.3 Å². The second-order valence-electron chi connectivity index (χ2n) is 7.02. The Morgan fingerprint density at radius 1 is 1.00 bits per heavy atom. The van der Waals surface area contributed by atoms with Crippen LogP contribution >= 0.6 is 0 Å². The van der Waals surface area contributed by atoms with E-state index in [1.54, 1.807) is 29.2 Å². The number of pyridine rings is 1. The van der Waals surface area contributed by atoms with Crippen LogP contribution in [0.5, 0.6) is 0 Å². The average Bonchev–Trinajstić information content (AvgIpc) is 3.30. The molecule has 31 heavy (non-hydrogen) atoms. The molecule has 9 nitrogen and oxygen atoms in total. The molecule has 0 bridgehead atoms. The van der Waals surface area contributed by atoms with Crippen molar-refractivity contribution >= 4 is 0 Å². The number of hydrogen-bond donors (Lipinski definition) is 2. The van der Waals surface area contributed by atoms with Crippen molar-refractivity contribution < 1.29 is 4.42 Å². The van der Waals surface area contributed by atoms with E-state index < -0.39 is 0 Å². The molecule has 158 valence electrons. The first kappa shape index (κ1) is 20.6. The summed E-state index contributed by atoms with van der Waals surface area (Å²) in [4.78, 5) is 20.9. The summed E-state index contributed by atoms with van der Waals surface area (Å²) in [6.45, 7) is 1.86. The Labute approximate surface area is 179 Å². The van der Waals surface area contributed by atoms with Gasteiger partial charge in [0.1, 0.15) is 5.69 Å². The van der Waals surface area contributed by atoms with Crippen LogP contribution in [0.15, 0.2) is 64.2 Å². The Morgan fingerprint density at radius 2 is 1.74 bits per heavy atom. The van der Waals surface area contributed by atoms with Crippen LogP contribution in [0.25, 0.3) is 34.3 Å². The van der Waals surface area contributed by atoms with E-state index in [1.165, 1.54) is 6.07 Å². The van der Waals surface area contributed by atoms with Crippen molar-refractivity contribution in [2.45, 2.75) is 19.5 Å². The molecule has 0 atom stereocenters. The van der Waals surface area contributed by atoms with Gasteiger partial charge in [0, 0.05) is 36.5 Å². The third-order valence-corrected chi connectivity index (χ3v) is 4.74. The van der Waals surface area contributed by atoms with Crippen LogP contribution < -0.4 is 16.6 Å². The van der Waals surface area contributed by atoms with E-state index in [2.05, 4.69) is 25.5 Å². The molecule has 9 heteroatoms. The summed E-state index contributed by atoms with van der Waals surface area (Å²) in [7, 11) is 1.90. The number of aryl methyl sites for hydroxylation is 1. The Balaban J connectivity index is 1.60. The molecular weight excluding hydrogens is 394 g/mol. The summed E-state index contributed by atoms with van der Waals surface area (Å²) in [6.07, 6.45) is 5.68. The van der Waals surface area contributed by atoms with Crippen molar-refractivity contribution in [3.05, 3.63) is 70.9 Å². The molecule has 3 N–H and O–H groups in total. The number of nitrogens with one attached hydrogen (secondary N) is 1. The maximum atomic E-state index is 12.0. The molecule has 0 aliphatic heterocycles. The molecule has 4 rings (SSSR count). The van der Waals surface area contributed by atoms with Gasteiger partial charge in [-0.25, -0.2) is 4.98 Å². The standard InChI is InChI=1S/C22H23N7O2/c1-24-11-15-3-5-16(6-4-15)21-27-28-22(31-21)19-13-25-12-18(26-19)17-7-8-20(30)29(14-17)10-2-9-23/h3-8,12-14,24H,2,9-11,23H2,1H3. The van der Waals surface area contributed by atoms with E-state index in [4.69, 9.17) is 10.2 Å². The zero-order valence-corrected chi connectivity index (χ0v) is 17.2. The van der Waals surface area contributed by atoms with Crippen molar-refractivity contribution in [1.29, 1.82) is 0 Å². The van der Waals surface area contributed by atoms with Gasteiger partial charge in [-0.05, 0) is 43.8 Å². The maximum Gasteiger partial charge on any atom is 0.268 e. The maximum absolute atomic E-state index is 12.0. The lowest BCUT2D eigenvalue weighted by Gasteiger charge is -2.07. The van der Waals surface area contributed by atoms with Crippen molar-refractivity contribution in [2.75, 3.05) is 13.6 Å². The van der Waals surface area contributed by atoms with Gasteiger partial charge in [0.05, 0.1) is 18.1 Å². The van der Waals surface area contributed by atoms with Crippen LogP contribution in [-0.4, -0.2) is 38.3 Å². The number of nitrogens with two attached hydrogens (primary N) is 1. The van der Waals surface area contributed by atoms with Crippen LogP contribution in [0.2, 0.25) is 0 Å². The van der Waals surface area contributed by atoms with E-state index in [0.717, 1.165) is 29.7 Å². The van der Waals surface area contributed by atoms with Gasteiger partial charge in [-0.15, -0.1) is 10.2 Å². The molecule has 0 aliphatic rings. The van der Waals surface area contributed by atoms with E-state index >= 15 is 0 Å². The molecule has 0 unspecified atom stereocenters. The first-order chi connectivity index (χ1) is 15.2. The summed E-state index contributed by atoms with van der Waals surface area (Å²) in [5.74, 6) is 0.689. The second-order valence-corrected chi connectivity index (χ2v) is 7.02. The second kappa shape index (κ2) is 9.41. The quantitative estimate of drug-likeness (QED) is 0.446. The minimum atomic E-state index is -0.0800. The Bertz CT molecular complexity index is 1220. The molecule has 3 heterocycles. The molecule has 0 fully saturated rings. The van der Waals surface area contributed by atoms with Crippen LogP contribution in [0.4, 0.5) is 0 Å². The van der Waals surface area contributed by atoms with E-state index in [-0.39, 0.29) is 11.4 Å². The summed E-state index contributed by atoms with van der Waals surface area (Å²) < 4.78 is 7.46. The highest BCUT2D eigenvalue weighted by molar-refractivity contribution is 5.61. The van der Waals surface area contributed by atoms with E-state index in [0.29, 0.717) is 30.4 Å². The molecule has 0 spiro atoms. The topological polar surface area (TPSA) is 125 Å². The summed E-state index contributed by atoms with van der Waals surface area (Å²) >= 11 is 0. The number of rotatable bonds is 8. The first-order valence-electron chi connectivity index (χ1n) is 9.98. The van der Waals surface area contributed by atoms with Crippen molar-refractivity contribution in [3.8, 4) is 34.3 Å². The van der Waals surface area contributed by atoms with Gasteiger partial charge in [0.25, 0.3) is 11.4 Å². The van der Waals surface area contributed by atoms with Gasteiger partial charge in [0.2, 0.25) is 5.89 Å². The van der Waals surface area contributed by atoms with Gasteiger partial charge in [-0.3, -0.25) is 9.78 Å². The van der Waals surface area contributed by atoms with Crippen molar-refractivity contribution in [2.24, 2.45) is 5.73 Å². The first-order valence-corrected chi connectivity index (χ1v) is 9.98. The Kier molecular flexibility index (Phi) is 6.25. The molecule has 1 aromatic carbocycles. The third-order valence-electron chi connectivity index (χ3n) is 4.74. The summed E-state index contributed by atoms with van der Waals surface area (Å²) in [5, 5.41) is 11.4. The Morgan fingerprint density at radius 3 is 2.52 bits per heavy atom. The number of aromatic nitrogens is 5. The summed E-state index contributed by atoms with van der Waals surface area (Å²) in [5.41, 5.74) is 9.31. The predicted octanol–water partition coefficient (Wildman–Crippen LogP) is 2.09. The molecule has 3 aromatic heterocycles. The van der Waals surface area contributed by atoms with Gasteiger partial charge < -0.3 is 20.0 Å². The molecule has 0 radical (unpaired) electrons. The van der Waals surface area contributed by atoms with Crippen LogP contribution in [0.1, 0.15) is 12.0 Å². The lowest BCUT2D eigenvalue weighted by molar-refractivity contribution is 0.581. The van der Waals surface area contributed by atoms with Gasteiger partial charge >= 0.3 is 0 Å². The molecule has 0 amide bonds. The Hall–Kier alpha value is -3.69. The fraction of sp³-hybridized carbons (Fsp3) is 0.227. The normalized spacial score (nSPS) is 11.0. The van der Waals surface area contributed by atoms with Crippen LogP contribution in [0.3, 0.4) is 0 Å². The average molecular weight is 417 g/mol.